The molecule has 0 bridgehead atoms. The van der Waals surface area contributed by atoms with E-state index in [2.05, 4.69) is 26.2 Å². The Balaban J connectivity index is 1.36. The smallest absolute Gasteiger partial charge is 0.264 e. The van der Waals surface area contributed by atoms with Crippen molar-refractivity contribution in [3.05, 3.63) is 80.5 Å². The normalized spacial score (nSPS) is 13.7. The summed E-state index contributed by atoms with van der Waals surface area (Å²) < 4.78 is 22.0. The summed E-state index contributed by atoms with van der Waals surface area (Å²) >= 11 is 7.41. The first-order chi connectivity index (χ1) is 17.4. The van der Waals surface area contributed by atoms with Crippen molar-refractivity contribution < 1.29 is 18.7 Å². The number of carbonyl (C=O) groups is 2. The van der Waals surface area contributed by atoms with Crippen LogP contribution in [-0.2, 0) is 7.05 Å². The van der Waals surface area contributed by atoms with Crippen LogP contribution in [0.15, 0.2) is 48.5 Å². The third-order valence-electron chi connectivity index (χ3n) is 5.67. The van der Waals surface area contributed by atoms with Crippen LogP contribution in [0.3, 0.4) is 0 Å². The number of tetrazole rings is 1. The number of nitrogens with zero attached hydrogens (tertiary/aromatic N) is 5. The zero-order chi connectivity index (χ0) is 25.4. The molecule has 1 atom stereocenters. The Morgan fingerprint density at radius 1 is 1.22 bits per heavy atom. The molecule has 2 aromatic heterocycles. The van der Waals surface area contributed by atoms with E-state index in [0.717, 1.165) is 10.9 Å². The molecule has 2 aromatic carbocycles. The van der Waals surface area contributed by atoms with E-state index in [1.807, 2.05) is 0 Å². The van der Waals surface area contributed by atoms with Crippen LogP contribution in [0.4, 0.5) is 15.8 Å². The number of rotatable bonds is 6. The zero-order valence-electron chi connectivity index (χ0n) is 19.0. The number of halogens is 2. The Morgan fingerprint density at radius 2 is 2.00 bits per heavy atom. The highest BCUT2D eigenvalue weighted by molar-refractivity contribution is 7.16. The molecule has 36 heavy (non-hydrogen) atoms. The number of fused-ring (bicyclic) bond motifs is 1. The minimum atomic E-state index is -0.611. The van der Waals surface area contributed by atoms with E-state index in [-0.39, 0.29) is 23.9 Å². The molecule has 0 aliphatic carbocycles. The van der Waals surface area contributed by atoms with Gasteiger partial charge in [0.05, 0.1) is 15.6 Å². The topological polar surface area (TPSA) is 114 Å². The maximum Gasteiger partial charge on any atom is 0.264 e. The van der Waals surface area contributed by atoms with Crippen molar-refractivity contribution >= 4 is 46.1 Å². The van der Waals surface area contributed by atoms with Crippen LogP contribution < -0.4 is 20.3 Å². The van der Waals surface area contributed by atoms with Crippen LogP contribution in [-0.4, -0.2) is 45.8 Å². The van der Waals surface area contributed by atoms with E-state index in [1.165, 1.54) is 27.0 Å². The number of anilines is 2. The number of hydrogen-bond donors (Lipinski definition) is 2. The van der Waals surface area contributed by atoms with E-state index in [0.29, 0.717) is 27.2 Å². The van der Waals surface area contributed by atoms with Gasteiger partial charge in [-0.3, -0.25) is 14.5 Å². The number of carbonyl (C=O) groups excluding carboxylic acids is 2. The van der Waals surface area contributed by atoms with Crippen molar-refractivity contribution in [2.75, 3.05) is 24.0 Å². The summed E-state index contributed by atoms with van der Waals surface area (Å²) in [4.78, 5) is 28.2. The molecule has 13 heteroatoms. The van der Waals surface area contributed by atoms with Crippen LogP contribution >= 0.6 is 22.9 Å². The van der Waals surface area contributed by atoms with Gasteiger partial charge >= 0.3 is 0 Å². The van der Waals surface area contributed by atoms with Gasteiger partial charge in [0.25, 0.3) is 11.8 Å². The van der Waals surface area contributed by atoms with Gasteiger partial charge in [-0.2, -0.15) is 0 Å². The number of benzene rings is 2. The summed E-state index contributed by atoms with van der Waals surface area (Å²) in [6.07, 6.45) is 0. The van der Waals surface area contributed by atoms with Gasteiger partial charge in [0.2, 0.25) is 0 Å². The van der Waals surface area contributed by atoms with E-state index in [9.17, 15) is 14.0 Å². The molecule has 0 radical (unpaired) electrons. The van der Waals surface area contributed by atoms with Crippen molar-refractivity contribution in [3.63, 3.8) is 0 Å². The van der Waals surface area contributed by atoms with Gasteiger partial charge in [0.1, 0.15) is 17.6 Å². The molecule has 0 saturated heterocycles. The number of aryl methyl sites for hydroxylation is 1. The number of ether oxygens (including phenoxy) is 1. The van der Waals surface area contributed by atoms with Gasteiger partial charge in [-0.15, -0.1) is 16.4 Å². The summed E-state index contributed by atoms with van der Waals surface area (Å²) in [5.41, 5.74) is 1.22. The van der Waals surface area contributed by atoms with Crippen LogP contribution in [0.5, 0.6) is 5.75 Å². The van der Waals surface area contributed by atoms with Crippen LogP contribution in [0.2, 0.25) is 4.34 Å². The fraction of sp³-hybridized carbons (Fsp3) is 0.174. The lowest BCUT2D eigenvalue weighted by molar-refractivity contribution is 0.0932. The quantitative estimate of drug-likeness (QED) is 0.393. The predicted molar refractivity (Wildman–Crippen MR) is 132 cm³/mol. The van der Waals surface area contributed by atoms with E-state index in [4.69, 9.17) is 16.3 Å². The number of nitrogens with one attached hydrogen (secondary N) is 2. The molecule has 184 valence electrons. The van der Waals surface area contributed by atoms with Gasteiger partial charge in [-0.05, 0) is 52.9 Å². The highest BCUT2D eigenvalue weighted by atomic mass is 35.5. The van der Waals surface area contributed by atoms with Crippen LogP contribution in [0.1, 0.15) is 37.5 Å². The molecule has 1 unspecified atom stereocenters. The average molecular weight is 528 g/mol. The maximum absolute atomic E-state index is 14.2. The highest BCUT2D eigenvalue weighted by Crippen LogP contribution is 2.33. The molecule has 4 aromatic rings. The first kappa shape index (κ1) is 23.7. The van der Waals surface area contributed by atoms with Gasteiger partial charge in [-0.25, -0.2) is 9.07 Å². The first-order valence-corrected chi connectivity index (χ1v) is 11.9. The minimum Gasteiger partial charge on any atom is -0.472 e. The molecular weight excluding hydrogens is 509 g/mol. The maximum atomic E-state index is 14.2. The molecule has 5 rings (SSSR count). The van der Waals surface area contributed by atoms with Crippen molar-refractivity contribution in [2.24, 2.45) is 7.05 Å². The standard InChI is InChI=1S/C23H19ClFN7O3S/c1-26-16-10-17-14(9-15(16)25)23(34)32(11-35-17)13-5-3-12(4-6-13)22(33)27-20(18-7-8-19(24)36-18)21-28-29-30-31(21)2/h3-10,20,26H,11H2,1-2H3,(H,27,33). The lowest BCUT2D eigenvalue weighted by Crippen LogP contribution is -2.39. The third kappa shape index (κ3) is 4.36. The Kier molecular flexibility index (Phi) is 6.29. The molecule has 1 aliphatic rings. The lowest BCUT2D eigenvalue weighted by atomic mass is 10.1. The second-order valence-corrected chi connectivity index (χ2v) is 9.59. The van der Waals surface area contributed by atoms with Crippen LogP contribution in [0, 0.1) is 5.82 Å². The van der Waals surface area contributed by atoms with Crippen LogP contribution in [0.25, 0.3) is 0 Å². The second-order valence-electron chi connectivity index (χ2n) is 7.84. The summed E-state index contributed by atoms with van der Waals surface area (Å²) in [5.74, 6) is -0.577. The van der Waals surface area contributed by atoms with Gasteiger partial charge in [-0.1, -0.05) is 11.6 Å². The Bertz CT molecular complexity index is 1460. The molecule has 0 saturated carbocycles. The number of aromatic nitrogens is 4. The summed E-state index contributed by atoms with van der Waals surface area (Å²) in [6.45, 7) is -0.0491. The number of hydrogen-bond acceptors (Lipinski definition) is 8. The van der Waals surface area contributed by atoms with Gasteiger partial charge in [0.15, 0.2) is 12.6 Å². The molecule has 1 aliphatic heterocycles. The zero-order valence-corrected chi connectivity index (χ0v) is 20.6. The van der Waals surface area contributed by atoms with E-state index in [1.54, 1.807) is 50.5 Å². The molecule has 2 amide bonds. The van der Waals surface area contributed by atoms with Gasteiger partial charge < -0.3 is 15.4 Å². The van der Waals surface area contributed by atoms with Crippen molar-refractivity contribution in [1.82, 2.24) is 25.5 Å². The molecule has 0 fully saturated rings. The van der Waals surface area contributed by atoms with Crippen molar-refractivity contribution in [1.29, 1.82) is 0 Å². The Hall–Kier alpha value is -4.03. The highest BCUT2D eigenvalue weighted by Gasteiger charge is 2.29. The lowest BCUT2D eigenvalue weighted by Gasteiger charge is -2.29. The SMILES string of the molecule is CNc1cc2c(cc1F)C(=O)N(c1ccc(C(=O)NC(c3ccc(Cl)s3)c3nnnn3C)cc1)CO2. The van der Waals surface area contributed by atoms with E-state index < -0.39 is 17.8 Å². The molecule has 10 nitrogen and oxygen atoms in total. The average Bonchev–Trinajstić information content (AvgIpc) is 3.50. The second kappa shape index (κ2) is 9.55. The summed E-state index contributed by atoms with van der Waals surface area (Å²) in [5, 5.41) is 17.2. The monoisotopic (exact) mass is 527 g/mol. The minimum absolute atomic E-state index is 0.0491. The Morgan fingerprint density at radius 3 is 2.64 bits per heavy atom. The first-order valence-electron chi connectivity index (χ1n) is 10.7. The third-order valence-corrected chi connectivity index (χ3v) is 6.97. The largest absolute Gasteiger partial charge is 0.472 e. The molecular formula is C23H19ClFN7O3S. The number of thiophene rings is 1. The fourth-order valence-electron chi connectivity index (χ4n) is 3.80. The van der Waals surface area contributed by atoms with Gasteiger partial charge in [0, 0.05) is 36.3 Å². The Labute approximate surface area is 213 Å². The summed E-state index contributed by atoms with van der Waals surface area (Å²) in [7, 11) is 3.27. The molecule has 2 N–H and O–H groups in total. The number of amides is 2. The van der Waals surface area contributed by atoms with E-state index >= 15 is 0 Å². The molecule has 3 heterocycles. The van der Waals surface area contributed by atoms with Crippen molar-refractivity contribution in [3.8, 4) is 5.75 Å². The molecule has 0 spiro atoms. The fourth-order valence-corrected chi connectivity index (χ4v) is 4.91. The predicted octanol–water partition coefficient (Wildman–Crippen LogP) is 3.62. The van der Waals surface area contributed by atoms with Crippen molar-refractivity contribution in [2.45, 2.75) is 6.04 Å². The summed E-state index contributed by atoms with van der Waals surface area (Å²) in [6, 6.07) is 12.0.